The molecule has 0 saturated carbocycles. The average molecular weight is 361 g/mol. The first-order valence-electron chi connectivity index (χ1n) is 7.78. The molecule has 0 bridgehead atoms. The molecule has 8 heteroatoms. The zero-order valence-electron chi connectivity index (χ0n) is 13.4. The van der Waals surface area contributed by atoms with E-state index in [1.165, 1.54) is 18.2 Å². The van der Waals surface area contributed by atoms with Crippen molar-refractivity contribution in [3.63, 3.8) is 0 Å². The lowest BCUT2D eigenvalue weighted by Gasteiger charge is -2.13. The second-order valence-corrected chi connectivity index (χ2v) is 5.61. The molecule has 0 unspecified atom stereocenters. The van der Waals surface area contributed by atoms with E-state index in [0.29, 0.717) is 10.8 Å². The molecule has 0 aliphatic heterocycles. The number of H-pyrrole nitrogens is 1. The zero-order chi connectivity index (χ0) is 18.7. The van der Waals surface area contributed by atoms with Crippen LogP contribution in [0.3, 0.4) is 0 Å². The number of carbonyl (C=O) groups excluding carboxylic acids is 1. The smallest absolute Gasteiger partial charge is 0.350 e. The first-order valence-corrected chi connectivity index (χ1v) is 7.78. The summed E-state index contributed by atoms with van der Waals surface area (Å²) in [5.41, 5.74) is -1.03. The number of nitrogens with one attached hydrogen (secondary N) is 2. The third kappa shape index (κ3) is 3.58. The van der Waals surface area contributed by atoms with Gasteiger partial charge in [-0.2, -0.15) is 18.3 Å². The van der Waals surface area contributed by atoms with Crippen molar-refractivity contribution in [2.45, 2.75) is 12.6 Å². The van der Waals surface area contributed by atoms with Crippen molar-refractivity contribution in [3.8, 4) is 0 Å². The Bertz CT molecular complexity index is 1010. The molecule has 5 nitrogen and oxygen atoms in total. The van der Waals surface area contributed by atoms with Crippen LogP contribution in [0.15, 0.2) is 53.3 Å². The Balaban J connectivity index is 1.76. The number of nitrogens with zero attached hydrogens (tertiary/aromatic N) is 1. The number of amides is 1. The largest absolute Gasteiger partial charge is 0.416 e. The number of fused-ring (bicyclic) bond motifs is 1. The third-order valence-corrected chi connectivity index (χ3v) is 3.91. The van der Waals surface area contributed by atoms with Crippen LogP contribution in [0, 0.1) is 0 Å². The van der Waals surface area contributed by atoms with Gasteiger partial charge in [0.2, 0.25) is 0 Å². The van der Waals surface area contributed by atoms with Gasteiger partial charge in [-0.15, -0.1) is 0 Å². The summed E-state index contributed by atoms with van der Waals surface area (Å²) in [6, 6.07) is 11.7. The maximum Gasteiger partial charge on any atom is 0.416 e. The Morgan fingerprint density at radius 2 is 1.69 bits per heavy atom. The number of halogens is 3. The molecule has 3 aromatic rings. The van der Waals surface area contributed by atoms with Crippen molar-refractivity contribution in [1.29, 1.82) is 0 Å². The van der Waals surface area contributed by atoms with Gasteiger partial charge < -0.3 is 5.32 Å². The summed E-state index contributed by atoms with van der Waals surface area (Å²) in [4.78, 5) is 24.1. The molecule has 0 fully saturated rings. The van der Waals surface area contributed by atoms with Crippen LogP contribution in [-0.2, 0) is 12.6 Å². The highest BCUT2D eigenvalue weighted by molar-refractivity contribution is 6.04. The molecule has 0 atom stereocenters. The van der Waals surface area contributed by atoms with E-state index in [1.807, 2.05) is 0 Å². The SMILES string of the molecule is O=C(NCCc1ccccc1C(F)(F)F)c1n[nH]c(=O)c2ccccc12. The van der Waals surface area contributed by atoms with Crippen molar-refractivity contribution in [2.24, 2.45) is 0 Å². The number of aromatic amines is 1. The van der Waals surface area contributed by atoms with E-state index in [1.54, 1.807) is 24.3 Å². The van der Waals surface area contributed by atoms with Gasteiger partial charge in [0, 0.05) is 11.9 Å². The molecule has 2 aromatic carbocycles. The Labute approximate surface area is 145 Å². The Morgan fingerprint density at radius 1 is 1.04 bits per heavy atom. The minimum Gasteiger partial charge on any atom is -0.350 e. The van der Waals surface area contributed by atoms with E-state index in [2.05, 4.69) is 15.5 Å². The molecule has 0 aliphatic carbocycles. The minimum absolute atomic E-state index is 0.00105. The lowest BCUT2D eigenvalue weighted by molar-refractivity contribution is -0.138. The molecule has 1 amide bonds. The normalized spacial score (nSPS) is 11.5. The van der Waals surface area contributed by atoms with E-state index in [4.69, 9.17) is 0 Å². The number of hydrogen-bond donors (Lipinski definition) is 2. The Kier molecular flexibility index (Phi) is 4.75. The molecule has 0 radical (unpaired) electrons. The molecule has 3 rings (SSSR count). The van der Waals surface area contributed by atoms with Crippen LogP contribution in [0.1, 0.15) is 21.6 Å². The Hall–Kier alpha value is -3.16. The van der Waals surface area contributed by atoms with E-state index in [-0.39, 0.29) is 24.2 Å². The number of carbonyl (C=O) groups is 1. The lowest BCUT2D eigenvalue weighted by Crippen LogP contribution is -2.28. The predicted octanol–water partition coefficient (Wildman–Crippen LogP) is 2.91. The number of alkyl halides is 3. The quantitative estimate of drug-likeness (QED) is 0.750. The summed E-state index contributed by atoms with van der Waals surface area (Å²) in [7, 11) is 0. The maximum atomic E-state index is 13.0. The van der Waals surface area contributed by atoms with Crippen molar-refractivity contribution in [2.75, 3.05) is 6.54 Å². The summed E-state index contributed by atoms with van der Waals surface area (Å²) in [6.45, 7) is 0.00105. The highest BCUT2D eigenvalue weighted by Crippen LogP contribution is 2.31. The first kappa shape index (κ1) is 17.7. The zero-order valence-corrected chi connectivity index (χ0v) is 13.4. The third-order valence-electron chi connectivity index (χ3n) is 3.91. The standard InChI is InChI=1S/C18H14F3N3O2/c19-18(20,21)14-8-4-1-5-11(14)9-10-22-17(26)15-12-6-2-3-7-13(12)16(25)24-23-15/h1-8H,9-10H2,(H,22,26)(H,24,25). The van der Waals surface area contributed by atoms with Crippen molar-refractivity contribution in [1.82, 2.24) is 15.5 Å². The van der Waals surface area contributed by atoms with Gasteiger partial charge in [-0.1, -0.05) is 36.4 Å². The van der Waals surface area contributed by atoms with Crippen LogP contribution in [0.25, 0.3) is 10.8 Å². The highest BCUT2D eigenvalue weighted by atomic mass is 19.4. The summed E-state index contributed by atoms with van der Waals surface area (Å²) in [5.74, 6) is -0.568. The molecule has 0 saturated heterocycles. The molecule has 134 valence electrons. The van der Waals surface area contributed by atoms with E-state index in [0.717, 1.165) is 6.07 Å². The molecule has 1 heterocycles. The number of benzene rings is 2. The van der Waals surface area contributed by atoms with Gasteiger partial charge in [0.25, 0.3) is 11.5 Å². The number of aromatic nitrogens is 2. The van der Waals surface area contributed by atoms with Gasteiger partial charge in [-0.3, -0.25) is 9.59 Å². The summed E-state index contributed by atoms with van der Waals surface area (Å²) in [6.07, 6.45) is -4.43. The van der Waals surface area contributed by atoms with Crippen molar-refractivity contribution >= 4 is 16.7 Å². The van der Waals surface area contributed by atoms with E-state index >= 15 is 0 Å². The lowest BCUT2D eigenvalue weighted by atomic mass is 10.0. The van der Waals surface area contributed by atoms with Gasteiger partial charge >= 0.3 is 6.18 Å². The molecule has 2 N–H and O–H groups in total. The second kappa shape index (κ2) is 6.99. The fourth-order valence-corrected chi connectivity index (χ4v) is 2.70. The molecular weight excluding hydrogens is 347 g/mol. The van der Waals surface area contributed by atoms with Gasteiger partial charge in [0.15, 0.2) is 5.69 Å². The minimum atomic E-state index is -4.45. The van der Waals surface area contributed by atoms with Gasteiger partial charge in [-0.25, -0.2) is 5.10 Å². The highest BCUT2D eigenvalue weighted by Gasteiger charge is 2.32. The molecule has 26 heavy (non-hydrogen) atoms. The number of hydrogen-bond acceptors (Lipinski definition) is 3. The fourth-order valence-electron chi connectivity index (χ4n) is 2.70. The molecule has 0 spiro atoms. The summed E-state index contributed by atoms with van der Waals surface area (Å²) < 4.78 is 38.9. The topological polar surface area (TPSA) is 74.8 Å². The van der Waals surface area contributed by atoms with E-state index in [9.17, 15) is 22.8 Å². The van der Waals surface area contributed by atoms with Crippen LogP contribution in [-0.4, -0.2) is 22.6 Å². The van der Waals surface area contributed by atoms with Crippen LogP contribution in [0.5, 0.6) is 0 Å². The monoisotopic (exact) mass is 361 g/mol. The molecular formula is C18H14F3N3O2. The van der Waals surface area contributed by atoms with Crippen LogP contribution in [0.4, 0.5) is 13.2 Å². The summed E-state index contributed by atoms with van der Waals surface area (Å²) >= 11 is 0. The second-order valence-electron chi connectivity index (χ2n) is 5.61. The average Bonchev–Trinajstić information content (AvgIpc) is 2.62. The number of rotatable bonds is 4. The molecule has 0 aliphatic rings. The van der Waals surface area contributed by atoms with Crippen LogP contribution < -0.4 is 10.9 Å². The van der Waals surface area contributed by atoms with Crippen molar-refractivity contribution < 1.29 is 18.0 Å². The predicted molar refractivity (Wildman–Crippen MR) is 89.8 cm³/mol. The van der Waals surface area contributed by atoms with Crippen LogP contribution in [0.2, 0.25) is 0 Å². The van der Waals surface area contributed by atoms with Gasteiger partial charge in [0.1, 0.15) is 0 Å². The van der Waals surface area contributed by atoms with Crippen molar-refractivity contribution in [3.05, 3.63) is 75.7 Å². The maximum absolute atomic E-state index is 13.0. The first-order chi connectivity index (χ1) is 12.4. The fraction of sp³-hybridized carbons (Fsp3) is 0.167. The van der Waals surface area contributed by atoms with Gasteiger partial charge in [-0.05, 0) is 24.1 Å². The van der Waals surface area contributed by atoms with Gasteiger partial charge in [0.05, 0.1) is 10.9 Å². The van der Waals surface area contributed by atoms with E-state index < -0.39 is 23.2 Å². The van der Waals surface area contributed by atoms with Crippen LogP contribution >= 0.6 is 0 Å². The summed E-state index contributed by atoms with van der Waals surface area (Å²) in [5, 5.41) is 9.25. The molecule has 1 aromatic heterocycles. The Morgan fingerprint density at radius 3 is 2.42 bits per heavy atom.